The molecular weight excluding hydrogens is 216 g/mol. The summed E-state index contributed by atoms with van der Waals surface area (Å²) in [5.41, 5.74) is 0. The molecule has 0 saturated carbocycles. The van der Waals surface area contributed by atoms with Crippen molar-refractivity contribution < 1.29 is 9.53 Å². The van der Waals surface area contributed by atoms with E-state index in [0.29, 0.717) is 13.0 Å². The van der Waals surface area contributed by atoms with Crippen LogP contribution in [0, 0.1) is 0 Å². The zero-order valence-electron chi connectivity index (χ0n) is 11.2. The number of likely N-dealkylation sites (tertiary alicyclic amines) is 1. The first-order chi connectivity index (χ1) is 8.22. The van der Waals surface area contributed by atoms with E-state index in [2.05, 4.69) is 10.2 Å². The summed E-state index contributed by atoms with van der Waals surface area (Å²) >= 11 is 0. The summed E-state index contributed by atoms with van der Waals surface area (Å²) in [6.07, 6.45) is 4.34. The third-order valence-electron chi connectivity index (χ3n) is 3.12. The molecular formula is C13H26N2O2. The highest BCUT2D eigenvalue weighted by Crippen LogP contribution is 2.07. The van der Waals surface area contributed by atoms with Crippen molar-refractivity contribution in [2.24, 2.45) is 0 Å². The zero-order valence-corrected chi connectivity index (χ0v) is 11.2. The second kappa shape index (κ2) is 8.48. The van der Waals surface area contributed by atoms with Crippen LogP contribution in [-0.2, 0) is 9.53 Å². The summed E-state index contributed by atoms with van der Waals surface area (Å²) in [6, 6.07) is 0.215. The van der Waals surface area contributed by atoms with Crippen molar-refractivity contribution >= 4 is 5.97 Å². The molecule has 1 N–H and O–H groups in total. The summed E-state index contributed by atoms with van der Waals surface area (Å²) in [6.45, 7) is 9.03. The van der Waals surface area contributed by atoms with Gasteiger partial charge in [0.05, 0.1) is 13.0 Å². The Morgan fingerprint density at radius 2 is 2.12 bits per heavy atom. The van der Waals surface area contributed by atoms with E-state index in [1.165, 1.54) is 32.5 Å². The largest absolute Gasteiger partial charge is 0.466 e. The van der Waals surface area contributed by atoms with Gasteiger partial charge < -0.3 is 15.0 Å². The third kappa shape index (κ3) is 6.64. The number of nitrogens with one attached hydrogen (secondary N) is 1. The first-order valence-electron chi connectivity index (χ1n) is 6.83. The molecule has 0 aromatic heterocycles. The molecule has 0 aromatic carbocycles. The van der Waals surface area contributed by atoms with Gasteiger partial charge in [-0.15, -0.1) is 0 Å². The smallest absolute Gasteiger partial charge is 0.307 e. The average molecular weight is 242 g/mol. The van der Waals surface area contributed by atoms with Crippen molar-refractivity contribution in [2.75, 3.05) is 32.8 Å². The molecule has 0 radical (unpaired) electrons. The Bertz CT molecular complexity index is 215. The van der Waals surface area contributed by atoms with Crippen molar-refractivity contribution in [3.8, 4) is 0 Å². The van der Waals surface area contributed by atoms with Gasteiger partial charge in [0.15, 0.2) is 0 Å². The molecule has 0 bridgehead atoms. The lowest BCUT2D eigenvalue weighted by atomic mass is 10.2. The van der Waals surface area contributed by atoms with Crippen LogP contribution in [0.4, 0.5) is 0 Å². The van der Waals surface area contributed by atoms with E-state index in [1.807, 2.05) is 13.8 Å². The van der Waals surface area contributed by atoms with Crippen LogP contribution in [0.2, 0.25) is 0 Å². The van der Waals surface area contributed by atoms with Gasteiger partial charge in [-0.2, -0.15) is 0 Å². The van der Waals surface area contributed by atoms with Gasteiger partial charge in [0.2, 0.25) is 0 Å². The molecule has 1 aliphatic rings. The fraction of sp³-hybridized carbons (Fsp3) is 0.923. The van der Waals surface area contributed by atoms with E-state index in [0.717, 1.165) is 13.0 Å². The number of hydrogen-bond acceptors (Lipinski definition) is 4. The summed E-state index contributed by atoms with van der Waals surface area (Å²) in [5, 5.41) is 3.37. The van der Waals surface area contributed by atoms with E-state index < -0.39 is 0 Å². The average Bonchev–Trinajstić information content (AvgIpc) is 2.77. The Hall–Kier alpha value is -0.610. The maximum absolute atomic E-state index is 11.2. The highest BCUT2D eigenvalue weighted by molar-refractivity contribution is 5.69. The Morgan fingerprint density at radius 1 is 1.41 bits per heavy atom. The highest BCUT2D eigenvalue weighted by atomic mass is 16.5. The Labute approximate surface area is 105 Å². The van der Waals surface area contributed by atoms with Crippen LogP contribution < -0.4 is 5.32 Å². The molecule has 0 aliphatic carbocycles. The molecule has 1 saturated heterocycles. The van der Waals surface area contributed by atoms with Crippen molar-refractivity contribution in [1.82, 2.24) is 10.2 Å². The molecule has 1 unspecified atom stereocenters. The van der Waals surface area contributed by atoms with Crippen molar-refractivity contribution in [3.63, 3.8) is 0 Å². The van der Waals surface area contributed by atoms with Crippen LogP contribution >= 0.6 is 0 Å². The predicted molar refractivity (Wildman–Crippen MR) is 69.0 cm³/mol. The minimum atomic E-state index is -0.105. The van der Waals surface area contributed by atoms with Gasteiger partial charge in [-0.25, -0.2) is 0 Å². The predicted octanol–water partition coefficient (Wildman–Crippen LogP) is 1.40. The normalized spacial score (nSPS) is 18.2. The molecule has 1 fully saturated rings. The van der Waals surface area contributed by atoms with Gasteiger partial charge in [0.25, 0.3) is 0 Å². The molecule has 1 heterocycles. The second-order valence-electron chi connectivity index (χ2n) is 4.77. The standard InChI is InChI=1S/C13H26N2O2/c1-3-17-13(16)11-12(2)14-7-6-10-15-8-4-5-9-15/h12,14H,3-11H2,1-2H3. The molecule has 0 aromatic rings. The second-order valence-corrected chi connectivity index (χ2v) is 4.77. The Morgan fingerprint density at radius 3 is 2.76 bits per heavy atom. The maximum Gasteiger partial charge on any atom is 0.307 e. The molecule has 1 atom stereocenters. The Balaban J connectivity index is 1.95. The van der Waals surface area contributed by atoms with Crippen LogP contribution in [-0.4, -0.2) is 49.7 Å². The van der Waals surface area contributed by atoms with Gasteiger partial charge in [-0.1, -0.05) is 0 Å². The van der Waals surface area contributed by atoms with Crippen LogP contribution in [0.1, 0.15) is 39.5 Å². The lowest BCUT2D eigenvalue weighted by molar-refractivity contribution is -0.143. The monoisotopic (exact) mass is 242 g/mol. The fourth-order valence-corrected chi connectivity index (χ4v) is 2.20. The van der Waals surface area contributed by atoms with Gasteiger partial charge >= 0.3 is 5.97 Å². The van der Waals surface area contributed by atoms with Crippen molar-refractivity contribution in [2.45, 2.75) is 45.6 Å². The SMILES string of the molecule is CCOC(=O)CC(C)NCCCN1CCCC1. The first kappa shape index (κ1) is 14.5. The lowest BCUT2D eigenvalue weighted by Gasteiger charge is -2.16. The quantitative estimate of drug-likeness (QED) is 0.516. The van der Waals surface area contributed by atoms with E-state index in [-0.39, 0.29) is 12.0 Å². The topological polar surface area (TPSA) is 41.6 Å². The minimum absolute atomic E-state index is 0.105. The van der Waals surface area contributed by atoms with Gasteiger partial charge in [-0.3, -0.25) is 4.79 Å². The zero-order chi connectivity index (χ0) is 12.5. The number of carbonyl (C=O) groups is 1. The third-order valence-corrected chi connectivity index (χ3v) is 3.12. The number of hydrogen-bond donors (Lipinski definition) is 1. The van der Waals surface area contributed by atoms with E-state index in [4.69, 9.17) is 4.74 Å². The number of ether oxygens (including phenoxy) is 1. The van der Waals surface area contributed by atoms with Gasteiger partial charge in [0, 0.05) is 6.04 Å². The molecule has 17 heavy (non-hydrogen) atoms. The highest BCUT2D eigenvalue weighted by Gasteiger charge is 2.11. The molecule has 0 amide bonds. The Kier molecular flexibility index (Phi) is 7.21. The molecule has 4 nitrogen and oxygen atoms in total. The number of nitrogens with zero attached hydrogens (tertiary/aromatic N) is 1. The lowest BCUT2D eigenvalue weighted by Crippen LogP contribution is -2.32. The van der Waals surface area contributed by atoms with Crippen molar-refractivity contribution in [3.05, 3.63) is 0 Å². The van der Waals surface area contributed by atoms with E-state index in [9.17, 15) is 4.79 Å². The number of carbonyl (C=O) groups excluding carboxylic acids is 1. The summed E-state index contributed by atoms with van der Waals surface area (Å²) in [5.74, 6) is -0.105. The van der Waals surface area contributed by atoms with Gasteiger partial charge in [-0.05, 0) is 59.3 Å². The van der Waals surface area contributed by atoms with Crippen LogP contribution in [0.5, 0.6) is 0 Å². The van der Waals surface area contributed by atoms with Crippen LogP contribution in [0.25, 0.3) is 0 Å². The van der Waals surface area contributed by atoms with Gasteiger partial charge in [0.1, 0.15) is 0 Å². The fourth-order valence-electron chi connectivity index (χ4n) is 2.20. The summed E-state index contributed by atoms with van der Waals surface area (Å²) in [7, 11) is 0. The maximum atomic E-state index is 11.2. The molecule has 1 aliphatic heterocycles. The molecule has 0 spiro atoms. The number of rotatable bonds is 8. The van der Waals surface area contributed by atoms with Crippen LogP contribution in [0.15, 0.2) is 0 Å². The molecule has 100 valence electrons. The molecule has 1 rings (SSSR count). The number of esters is 1. The van der Waals surface area contributed by atoms with E-state index >= 15 is 0 Å². The van der Waals surface area contributed by atoms with E-state index in [1.54, 1.807) is 0 Å². The minimum Gasteiger partial charge on any atom is -0.466 e. The van der Waals surface area contributed by atoms with Crippen LogP contribution in [0.3, 0.4) is 0 Å². The summed E-state index contributed by atoms with van der Waals surface area (Å²) < 4.78 is 4.91. The van der Waals surface area contributed by atoms with Crippen molar-refractivity contribution in [1.29, 1.82) is 0 Å². The first-order valence-corrected chi connectivity index (χ1v) is 6.83. The summed E-state index contributed by atoms with van der Waals surface area (Å²) in [4.78, 5) is 13.7. The molecule has 4 heteroatoms.